The van der Waals surface area contributed by atoms with Gasteiger partial charge in [0.2, 0.25) is 5.78 Å². The Morgan fingerprint density at radius 2 is 1.95 bits per heavy atom. The van der Waals surface area contributed by atoms with Crippen LogP contribution in [0.2, 0.25) is 0 Å². The Morgan fingerprint density at radius 1 is 1.26 bits per heavy atom. The van der Waals surface area contributed by atoms with Crippen LogP contribution in [-0.2, 0) is 23.9 Å². The Bertz CT molecular complexity index is 1100. The van der Waals surface area contributed by atoms with Crippen LogP contribution >= 0.6 is 0 Å². The van der Waals surface area contributed by atoms with Crippen molar-refractivity contribution in [1.82, 2.24) is 5.32 Å². The molecule has 0 aromatic heterocycles. The number of allylic oxidation sites excluding steroid dienone is 4. The van der Waals surface area contributed by atoms with Gasteiger partial charge >= 0.3 is 12.1 Å². The van der Waals surface area contributed by atoms with Crippen LogP contribution in [0.3, 0.4) is 0 Å². The lowest BCUT2D eigenvalue weighted by Gasteiger charge is -2.62. The van der Waals surface area contributed by atoms with Crippen LogP contribution in [-0.4, -0.2) is 58.8 Å². The van der Waals surface area contributed by atoms with Crippen molar-refractivity contribution in [3.8, 4) is 0 Å². The molecule has 4 aliphatic carbocycles. The van der Waals surface area contributed by atoms with Gasteiger partial charge in [-0.25, -0.2) is 9.18 Å². The molecular formula is C29H40FNO7. The molecular weight excluding hydrogens is 493 g/mol. The van der Waals surface area contributed by atoms with Crippen LogP contribution in [0, 0.1) is 28.6 Å². The summed E-state index contributed by atoms with van der Waals surface area (Å²) in [6.45, 7) is 9.64. The molecule has 0 saturated heterocycles. The van der Waals surface area contributed by atoms with Crippen LogP contribution in [0.25, 0.3) is 0 Å². The summed E-state index contributed by atoms with van der Waals surface area (Å²) in [4.78, 5) is 50.6. The lowest BCUT2D eigenvalue weighted by atomic mass is 9.44. The van der Waals surface area contributed by atoms with Crippen LogP contribution in [0.15, 0.2) is 23.8 Å². The van der Waals surface area contributed by atoms with Gasteiger partial charge in [-0.15, -0.1) is 0 Å². The molecule has 4 aliphatic rings. The summed E-state index contributed by atoms with van der Waals surface area (Å²) in [5, 5.41) is 14.4. The number of Topliss-reactive ketones (excluding diaryl/α,β-unsaturated/α-hetero) is 1. The maximum absolute atomic E-state index is 17.5. The standard InChI is InChI=1S/C29H40FNO7/c1-7-17(3)31-25(36)38-29(24(35)15-37-18(4)32)16(2)12-22-21-9-8-19-13-20(33)10-11-26(19,5)28(21,30)23(34)14-27(22,29)6/h10-11,13,16-17,21-23,34H,7-9,12,14-15H2,1-6H3,(H,31,36)/t16-,17?,21-,22-,23-,26-,27-,28-,29-/m0/s1. The van der Waals surface area contributed by atoms with Crippen molar-refractivity contribution in [2.24, 2.45) is 28.6 Å². The lowest BCUT2D eigenvalue weighted by Crippen LogP contribution is -2.70. The largest absolute Gasteiger partial charge is 0.458 e. The van der Waals surface area contributed by atoms with E-state index >= 15 is 4.39 Å². The first-order valence-corrected chi connectivity index (χ1v) is 13.6. The highest BCUT2D eigenvalue weighted by Crippen LogP contribution is 2.71. The molecule has 8 nitrogen and oxygen atoms in total. The average molecular weight is 534 g/mol. The van der Waals surface area contributed by atoms with Gasteiger partial charge in [0.1, 0.15) is 0 Å². The second kappa shape index (κ2) is 9.57. The molecule has 3 saturated carbocycles. The Balaban J connectivity index is 1.80. The fourth-order valence-electron chi connectivity index (χ4n) is 8.15. The van der Waals surface area contributed by atoms with Crippen molar-refractivity contribution in [3.63, 3.8) is 0 Å². The van der Waals surface area contributed by atoms with Gasteiger partial charge < -0.3 is 19.9 Å². The van der Waals surface area contributed by atoms with E-state index < -0.39 is 70.4 Å². The Morgan fingerprint density at radius 3 is 2.58 bits per heavy atom. The van der Waals surface area contributed by atoms with Crippen LogP contribution in [0.5, 0.6) is 0 Å². The SMILES string of the molecule is CCC(C)NC(=O)O[C@]1(C(=O)COC(C)=O)[C@@H](C)C[C@H]2[C@@H]3CCC4=CC(=O)C=C[C@]4(C)[C@@]3(F)[C@@H](O)C[C@@]21C. The summed E-state index contributed by atoms with van der Waals surface area (Å²) in [5.41, 5.74) is -5.44. The van der Waals surface area contributed by atoms with E-state index in [1.165, 1.54) is 19.1 Å². The molecule has 3 fully saturated rings. The number of carbonyl (C=O) groups excluding carboxylic acids is 4. The number of alkyl halides is 1. The van der Waals surface area contributed by atoms with Crippen molar-refractivity contribution in [1.29, 1.82) is 0 Å². The highest BCUT2D eigenvalue weighted by atomic mass is 19.1. The Labute approximate surface area is 223 Å². The topological polar surface area (TPSA) is 119 Å². The van der Waals surface area contributed by atoms with E-state index in [1.54, 1.807) is 26.8 Å². The van der Waals surface area contributed by atoms with Gasteiger partial charge in [-0.1, -0.05) is 32.4 Å². The second-order valence-corrected chi connectivity index (χ2v) is 12.2. The summed E-state index contributed by atoms with van der Waals surface area (Å²) in [6, 6.07) is -0.205. The maximum Gasteiger partial charge on any atom is 0.408 e. The van der Waals surface area contributed by atoms with Gasteiger partial charge in [-0.2, -0.15) is 0 Å². The lowest BCUT2D eigenvalue weighted by molar-refractivity contribution is -0.219. The van der Waals surface area contributed by atoms with Crippen molar-refractivity contribution in [3.05, 3.63) is 23.8 Å². The number of hydrogen-bond acceptors (Lipinski definition) is 7. The molecule has 0 aliphatic heterocycles. The third kappa shape index (κ3) is 3.87. The van der Waals surface area contributed by atoms with Gasteiger partial charge in [0.15, 0.2) is 23.7 Å². The summed E-state index contributed by atoms with van der Waals surface area (Å²) >= 11 is 0. The number of esters is 1. The van der Waals surface area contributed by atoms with Gasteiger partial charge in [0, 0.05) is 35.6 Å². The molecule has 210 valence electrons. The highest BCUT2D eigenvalue weighted by Gasteiger charge is 2.77. The Hall–Kier alpha value is -2.55. The molecule has 0 spiro atoms. The molecule has 2 N–H and O–H groups in total. The van der Waals surface area contributed by atoms with E-state index in [0.29, 0.717) is 31.3 Å². The van der Waals surface area contributed by atoms with E-state index in [0.717, 1.165) is 0 Å². The average Bonchev–Trinajstić information content (AvgIpc) is 3.05. The number of ether oxygens (including phenoxy) is 2. The minimum Gasteiger partial charge on any atom is -0.458 e. The molecule has 9 heteroatoms. The van der Waals surface area contributed by atoms with E-state index in [9.17, 15) is 24.3 Å². The summed E-state index contributed by atoms with van der Waals surface area (Å²) in [7, 11) is 0. The zero-order valence-electron chi connectivity index (χ0n) is 23.1. The Kier molecular flexibility index (Phi) is 7.17. The predicted octanol–water partition coefficient (Wildman–Crippen LogP) is 4.00. The number of fused-ring (bicyclic) bond motifs is 5. The molecule has 4 rings (SSSR count). The van der Waals surface area contributed by atoms with E-state index in [4.69, 9.17) is 9.47 Å². The van der Waals surface area contributed by atoms with Crippen LogP contribution in [0.4, 0.5) is 9.18 Å². The van der Waals surface area contributed by atoms with Crippen LogP contribution < -0.4 is 5.32 Å². The number of halogens is 1. The predicted molar refractivity (Wildman–Crippen MR) is 137 cm³/mol. The first-order valence-electron chi connectivity index (χ1n) is 13.6. The number of alkyl carbamates (subject to hydrolysis) is 1. The minimum atomic E-state index is -2.08. The normalized spacial score (nSPS) is 42.2. The first kappa shape index (κ1) is 28.5. The minimum absolute atomic E-state index is 0.137. The molecule has 9 atom stereocenters. The molecule has 0 heterocycles. The number of hydrogen-bond donors (Lipinski definition) is 2. The number of carbonyl (C=O) groups is 4. The van der Waals surface area contributed by atoms with Gasteiger partial charge in [-0.05, 0) is 64.0 Å². The summed E-state index contributed by atoms with van der Waals surface area (Å²) < 4.78 is 28.6. The first-order chi connectivity index (χ1) is 17.7. The number of aliphatic hydroxyl groups is 1. The van der Waals surface area contributed by atoms with E-state index in [1.807, 2.05) is 13.8 Å². The summed E-state index contributed by atoms with van der Waals surface area (Å²) in [5.74, 6) is -2.99. The molecule has 0 aromatic carbocycles. The number of rotatable bonds is 6. The number of amides is 1. The zero-order chi connectivity index (χ0) is 28.3. The highest BCUT2D eigenvalue weighted by molar-refractivity contribution is 6.01. The van der Waals surface area contributed by atoms with Gasteiger partial charge in [-0.3, -0.25) is 14.4 Å². The zero-order valence-corrected chi connectivity index (χ0v) is 23.1. The molecule has 0 aromatic rings. The van der Waals surface area contributed by atoms with Crippen molar-refractivity contribution < 1.29 is 38.1 Å². The number of ketones is 2. The molecule has 0 radical (unpaired) electrons. The molecule has 1 amide bonds. The van der Waals surface area contributed by atoms with Crippen LogP contribution in [0.1, 0.15) is 73.6 Å². The molecule has 1 unspecified atom stereocenters. The fraction of sp³-hybridized carbons (Fsp3) is 0.724. The van der Waals surface area contributed by atoms with Crippen molar-refractivity contribution in [2.45, 2.75) is 97.1 Å². The van der Waals surface area contributed by atoms with Gasteiger partial charge in [0.25, 0.3) is 0 Å². The second-order valence-electron chi connectivity index (χ2n) is 12.2. The third-order valence-corrected chi connectivity index (χ3v) is 10.2. The van der Waals surface area contributed by atoms with Crippen molar-refractivity contribution >= 4 is 23.6 Å². The van der Waals surface area contributed by atoms with Crippen molar-refractivity contribution in [2.75, 3.05) is 6.61 Å². The monoisotopic (exact) mass is 533 g/mol. The van der Waals surface area contributed by atoms with Gasteiger partial charge in [0.05, 0.1) is 6.10 Å². The summed E-state index contributed by atoms with van der Waals surface area (Å²) in [6.07, 6.45) is 3.92. The number of nitrogens with one attached hydrogen (secondary N) is 1. The smallest absolute Gasteiger partial charge is 0.408 e. The van der Waals surface area contributed by atoms with E-state index in [2.05, 4.69) is 5.32 Å². The third-order valence-electron chi connectivity index (χ3n) is 10.2. The molecule has 0 bridgehead atoms. The quantitative estimate of drug-likeness (QED) is 0.496. The van der Waals surface area contributed by atoms with E-state index in [-0.39, 0.29) is 18.2 Å². The molecule has 38 heavy (non-hydrogen) atoms. The number of aliphatic hydroxyl groups excluding tert-OH is 1. The fourth-order valence-corrected chi connectivity index (χ4v) is 8.15. The maximum atomic E-state index is 17.5.